The second kappa shape index (κ2) is 10.4. The summed E-state index contributed by atoms with van der Waals surface area (Å²) in [6.07, 6.45) is 6.05. The third kappa shape index (κ3) is 5.55. The van der Waals surface area contributed by atoms with Crippen molar-refractivity contribution in [1.29, 1.82) is 0 Å². The first-order valence-corrected chi connectivity index (χ1v) is 11.5. The Hall–Kier alpha value is -3.15. The topological polar surface area (TPSA) is 75.7 Å². The standard InChI is InChI=1S/C26H30N2O4/c29-24(28-15-14-20-8-4-5-9-23(20)17-28)18-32-25(30)16-27-26(31)22-12-10-21(11-13-22)19-6-2-1-3-7-19/h1-3,6-7,10-13,20,23H,4-5,8-9,14-18H2,(H,27,31)/t20-,23+/m0/s1. The molecule has 0 bridgehead atoms. The molecule has 2 fully saturated rings. The number of nitrogens with zero attached hydrogens (tertiary/aromatic N) is 1. The van der Waals surface area contributed by atoms with Crippen LogP contribution in [0.5, 0.6) is 0 Å². The first-order valence-electron chi connectivity index (χ1n) is 11.5. The third-order valence-corrected chi connectivity index (χ3v) is 6.65. The first-order chi connectivity index (χ1) is 15.6. The molecule has 1 N–H and O–H groups in total. The molecule has 0 unspecified atom stereocenters. The summed E-state index contributed by atoms with van der Waals surface area (Å²) < 4.78 is 5.11. The molecular weight excluding hydrogens is 404 g/mol. The van der Waals surface area contributed by atoms with Crippen LogP contribution in [0.3, 0.4) is 0 Å². The lowest BCUT2D eigenvalue weighted by Gasteiger charge is -2.41. The van der Waals surface area contributed by atoms with Gasteiger partial charge in [-0.25, -0.2) is 0 Å². The van der Waals surface area contributed by atoms with Gasteiger partial charge in [-0.2, -0.15) is 0 Å². The van der Waals surface area contributed by atoms with E-state index in [9.17, 15) is 14.4 Å². The van der Waals surface area contributed by atoms with Crippen LogP contribution in [0.25, 0.3) is 11.1 Å². The maximum Gasteiger partial charge on any atom is 0.325 e. The van der Waals surface area contributed by atoms with Gasteiger partial charge in [0, 0.05) is 18.7 Å². The third-order valence-electron chi connectivity index (χ3n) is 6.65. The SMILES string of the molecule is O=C(CNC(=O)c1ccc(-c2ccccc2)cc1)OCC(=O)N1CC[C@@H]2CCCC[C@@H]2C1. The number of hydrogen-bond donors (Lipinski definition) is 1. The number of fused-ring (bicyclic) bond motifs is 1. The van der Waals surface area contributed by atoms with Crippen LogP contribution in [0.15, 0.2) is 54.6 Å². The Labute approximate surface area is 188 Å². The fourth-order valence-electron chi connectivity index (χ4n) is 4.81. The predicted octanol–water partition coefficient (Wildman–Crippen LogP) is 3.67. The zero-order valence-electron chi connectivity index (χ0n) is 18.3. The minimum atomic E-state index is -0.611. The molecule has 1 aliphatic heterocycles. The minimum absolute atomic E-state index is 0.148. The van der Waals surface area contributed by atoms with E-state index in [0.717, 1.165) is 36.6 Å². The molecule has 32 heavy (non-hydrogen) atoms. The van der Waals surface area contributed by atoms with Crippen molar-refractivity contribution in [2.24, 2.45) is 11.8 Å². The van der Waals surface area contributed by atoms with Gasteiger partial charge in [0.2, 0.25) is 0 Å². The number of nitrogens with one attached hydrogen (secondary N) is 1. The summed E-state index contributed by atoms with van der Waals surface area (Å²) in [7, 11) is 0. The molecule has 2 aromatic carbocycles. The molecule has 1 saturated heterocycles. The summed E-state index contributed by atoms with van der Waals surface area (Å²) >= 11 is 0. The molecule has 2 amide bonds. The number of benzene rings is 2. The van der Waals surface area contributed by atoms with Crippen molar-refractivity contribution in [2.45, 2.75) is 32.1 Å². The van der Waals surface area contributed by atoms with E-state index in [0.29, 0.717) is 11.5 Å². The lowest BCUT2D eigenvalue weighted by molar-refractivity contribution is -0.152. The number of amides is 2. The lowest BCUT2D eigenvalue weighted by Crippen LogP contribution is -2.46. The Morgan fingerprint density at radius 3 is 2.31 bits per heavy atom. The van der Waals surface area contributed by atoms with Crippen molar-refractivity contribution in [3.63, 3.8) is 0 Å². The fraction of sp³-hybridized carbons (Fsp3) is 0.423. The Morgan fingerprint density at radius 1 is 0.875 bits per heavy atom. The molecule has 1 aliphatic carbocycles. The largest absolute Gasteiger partial charge is 0.454 e. The molecule has 4 rings (SSSR count). The van der Waals surface area contributed by atoms with Crippen molar-refractivity contribution < 1.29 is 19.1 Å². The number of esters is 1. The Bertz CT molecular complexity index is 942. The van der Waals surface area contributed by atoms with Gasteiger partial charge in [-0.1, -0.05) is 61.7 Å². The van der Waals surface area contributed by atoms with Gasteiger partial charge in [0.15, 0.2) is 6.61 Å². The van der Waals surface area contributed by atoms with Crippen LogP contribution in [-0.2, 0) is 14.3 Å². The van der Waals surface area contributed by atoms with Gasteiger partial charge < -0.3 is 15.0 Å². The molecule has 1 heterocycles. The number of rotatable bonds is 6. The van der Waals surface area contributed by atoms with E-state index in [1.54, 1.807) is 12.1 Å². The van der Waals surface area contributed by atoms with E-state index >= 15 is 0 Å². The summed E-state index contributed by atoms with van der Waals surface area (Å²) in [5, 5.41) is 2.56. The maximum atomic E-state index is 12.4. The summed E-state index contributed by atoms with van der Waals surface area (Å²) in [5.41, 5.74) is 2.54. The second-order valence-electron chi connectivity index (χ2n) is 8.72. The number of hydrogen-bond acceptors (Lipinski definition) is 4. The molecule has 6 nitrogen and oxygen atoms in total. The highest BCUT2D eigenvalue weighted by atomic mass is 16.5. The van der Waals surface area contributed by atoms with Gasteiger partial charge in [-0.3, -0.25) is 14.4 Å². The number of piperidine rings is 1. The first kappa shape index (κ1) is 22.1. The summed E-state index contributed by atoms with van der Waals surface area (Å²) in [6.45, 7) is 0.985. The van der Waals surface area contributed by atoms with Crippen LogP contribution < -0.4 is 5.32 Å². The van der Waals surface area contributed by atoms with Crippen molar-refractivity contribution in [3.05, 3.63) is 60.2 Å². The van der Waals surface area contributed by atoms with Crippen LogP contribution in [-0.4, -0.2) is 48.9 Å². The minimum Gasteiger partial charge on any atom is -0.454 e. The second-order valence-corrected chi connectivity index (χ2v) is 8.72. The van der Waals surface area contributed by atoms with E-state index in [1.165, 1.54) is 25.7 Å². The maximum absolute atomic E-state index is 12.4. The molecule has 168 valence electrons. The lowest BCUT2D eigenvalue weighted by atomic mass is 9.75. The molecular formula is C26H30N2O4. The van der Waals surface area contributed by atoms with Crippen LogP contribution in [0, 0.1) is 11.8 Å². The van der Waals surface area contributed by atoms with Gasteiger partial charge in [0.25, 0.3) is 11.8 Å². The van der Waals surface area contributed by atoms with E-state index in [2.05, 4.69) is 5.32 Å². The molecule has 0 spiro atoms. The van der Waals surface area contributed by atoms with Crippen molar-refractivity contribution in [3.8, 4) is 11.1 Å². The highest BCUT2D eigenvalue weighted by Crippen LogP contribution is 2.36. The van der Waals surface area contributed by atoms with Crippen LogP contribution in [0.4, 0.5) is 0 Å². The van der Waals surface area contributed by atoms with E-state index in [1.807, 2.05) is 47.4 Å². The van der Waals surface area contributed by atoms with Crippen molar-refractivity contribution in [2.75, 3.05) is 26.2 Å². The Balaban J connectivity index is 1.19. The molecule has 6 heteroatoms. The van der Waals surface area contributed by atoms with E-state index in [-0.39, 0.29) is 25.0 Å². The molecule has 2 atom stereocenters. The summed E-state index contributed by atoms with van der Waals surface area (Å²) in [6, 6.07) is 17.1. The average molecular weight is 435 g/mol. The zero-order chi connectivity index (χ0) is 22.3. The summed E-state index contributed by atoms with van der Waals surface area (Å²) in [4.78, 5) is 38.6. The number of carbonyl (C=O) groups is 3. The Morgan fingerprint density at radius 2 is 1.56 bits per heavy atom. The van der Waals surface area contributed by atoms with Crippen LogP contribution >= 0.6 is 0 Å². The normalized spacial score (nSPS) is 20.2. The quantitative estimate of drug-likeness (QED) is 0.704. The predicted molar refractivity (Wildman–Crippen MR) is 122 cm³/mol. The van der Waals surface area contributed by atoms with Gasteiger partial charge in [-0.05, 0) is 47.9 Å². The van der Waals surface area contributed by atoms with E-state index in [4.69, 9.17) is 4.74 Å². The number of carbonyl (C=O) groups excluding carboxylic acids is 3. The highest BCUT2D eigenvalue weighted by Gasteiger charge is 2.33. The van der Waals surface area contributed by atoms with Crippen LogP contribution in [0.1, 0.15) is 42.5 Å². The van der Waals surface area contributed by atoms with Crippen molar-refractivity contribution in [1.82, 2.24) is 10.2 Å². The molecule has 0 aromatic heterocycles. The van der Waals surface area contributed by atoms with Gasteiger partial charge in [0.05, 0.1) is 0 Å². The molecule has 2 aromatic rings. The Kier molecular flexibility index (Phi) is 7.20. The van der Waals surface area contributed by atoms with Gasteiger partial charge >= 0.3 is 5.97 Å². The van der Waals surface area contributed by atoms with Gasteiger partial charge in [-0.15, -0.1) is 0 Å². The molecule has 0 radical (unpaired) electrons. The van der Waals surface area contributed by atoms with Crippen LogP contribution in [0.2, 0.25) is 0 Å². The highest BCUT2D eigenvalue weighted by molar-refractivity contribution is 5.96. The molecule has 2 aliphatic rings. The van der Waals surface area contributed by atoms with E-state index < -0.39 is 5.97 Å². The smallest absolute Gasteiger partial charge is 0.325 e. The number of ether oxygens (including phenoxy) is 1. The zero-order valence-corrected chi connectivity index (χ0v) is 18.3. The van der Waals surface area contributed by atoms with Gasteiger partial charge in [0.1, 0.15) is 6.54 Å². The van der Waals surface area contributed by atoms with Crippen molar-refractivity contribution >= 4 is 17.8 Å². The average Bonchev–Trinajstić information content (AvgIpc) is 2.86. The monoisotopic (exact) mass is 434 g/mol. The molecule has 1 saturated carbocycles. The summed E-state index contributed by atoms with van der Waals surface area (Å²) in [5.74, 6) is 0.217. The fourth-order valence-corrected chi connectivity index (χ4v) is 4.81. The number of likely N-dealkylation sites (tertiary alicyclic amines) is 1.